The molecule has 6 heteroatoms. The van der Waals surface area contributed by atoms with Gasteiger partial charge in [-0.2, -0.15) is 0 Å². The van der Waals surface area contributed by atoms with Crippen LogP contribution in [-0.2, 0) is 9.59 Å². The largest absolute Gasteiger partial charge is 0.340 e. The molecule has 0 radical (unpaired) electrons. The maximum atomic E-state index is 12.1. The van der Waals surface area contributed by atoms with Crippen LogP contribution in [0.1, 0.15) is 18.9 Å². The van der Waals surface area contributed by atoms with Crippen LogP contribution in [0.2, 0.25) is 5.02 Å². The fourth-order valence-electron chi connectivity index (χ4n) is 2.49. The molecule has 0 spiro atoms. The Morgan fingerprint density at radius 2 is 1.91 bits per heavy atom. The van der Waals surface area contributed by atoms with Gasteiger partial charge in [0.25, 0.3) is 0 Å². The molecule has 1 aromatic rings. The third-order valence-corrected chi connectivity index (χ3v) is 4.11. The molecule has 2 rings (SSSR count). The Labute approximate surface area is 136 Å². The van der Waals surface area contributed by atoms with E-state index in [0.29, 0.717) is 36.8 Å². The van der Waals surface area contributed by atoms with Crippen LogP contribution in [0.4, 0.5) is 5.69 Å². The lowest BCUT2D eigenvalue weighted by atomic mass is 10.2. The number of carbonyl (C=O) groups is 2. The number of hydrogen-bond acceptors (Lipinski definition) is 3. The van der Waals surface area contributed by atoms with E-state index < -0.39 is 0 Å². The van der Waals surface area contributed by atoms with Gasteiger partial charge >= 0.3 is 0 Å². The molecule has 120 valence electrons. The summed E-state index contributed by atoms with van der Waals surface area (Å²) in [5, 5.41) is 3.38. The molecular weight excluding hydrogens is 302 g/mol. The molecule has 1 heterocycles. The monoisotopic (exact) mass is 323 g/mol. The molecule has 1 aliphatic heterocycles. The first-order valence-corrected chi connectivity index (χ1v) is 7.93. The smallest absolute Gasteiger partial charge is 0.238 e. The van der Waals surface area contributed by atoms with Crippen molar-refractivity contribution in [1.29, 1.82) is 0 Å². The van der Waals surface area contributed by atoms with E-state index in [1.165, 1.54) is 0 Å². The van der Waals surface area contributed by atoms with Gasteiger partial charge in [-0.25, -0.2) is 0 Å². The van der Waals surface area contributed by atoms with Gasteiger partial charge < -0.3 is 10.2 Å². The van der Waals surface area contributed by atoms with Crippen molar-refractivity contribution in [3.63, 3.8) is 0 Å². The van der Waals surface area contributed by atoms with E-state index in [1.807, 2.05) is 36.9 Å². The topological polar surface area (TPSA) is 52.7 Å². The van der Waals surface area contributed by atoms with Gasteiger partial charge in [-0.15, -0.1) is 0 Å². The second-order valence-electron chi connectivity index (χ2n) is 5.54. The standard InChI is InChI=1S/C16H22ClN3O2/c1-3-16(22)20-8-6-19(7-9-20)11-15(21)18-14-5-4-12(2)10-13(14)17/h4-5,10H,3,6-9,11H2,1-2H3,(H,18,21). The third-order valence-electron chi connectivity index (χ3n) is 3.79. The number of nitrogens with zero attached hydrogens (tertiary/aromatic N) is 2. The highest BCUT2D eigenvalue weighted by molar-refractivity contribution is 6.33. The minimum atomic E-state index is -0.0824. The number of hydrogen-bond donors (Lipinski definition) is 1. The minimum absolute atomic E-state index is 0.0824. The van der Waals surface area contributed by atoms with Gasteiger partial charge in [0, 0.05) is 32.6 Å². The quantitative estimate of drug-likeness (QED) is 0.923. The lowest BCUT2D eigenvalue weighted by Gasteiger charge is -2.34. The predicted octanol–water partition coefficient (Wildman–Crippen LogP) is 2.14. The Morgan fingerprint density at radius 1 is 1.23 bits per heavy atom. The van der Waals surface area contributed by atoms with E-state index in [1.54, 1.807) is 0 Å². The summed E-state index contributed by atoms with van der Waals surface area (Å²) in [4.78, 5) is 27.6. The van der Waals surface area contributed by atoms with Crippen LogP contribution in [0.3, 0.4) is 0 Å². The van der Waals surface area contributed by atoms with Crippen molar-refractivity contribution in [2.75, 3.05) is 38.0 Å². The van der Waals surface area contributed by atoms with Gasteiger partial charge in [-0.05, 0) is 24.6 Å². The van der Waals surface area contributed by atoms with Gasteiger partial charge in [0.2, 0.25) is 11.8 Å². The van der Waals surface area contributed by atoms with E-state index >= 15 is 0 Å². The van der Waals surface area contributed by atoms with Gasteiger partial charge in [0.1, 0.15) is 0 Å². The Bertz CT molecular complexity index is 554. The van der Waals surface area contributed by atoms with Gasteiger partial charge in [-0.1, -0.05) is 24.6 Å². The van der Waals surface area contributed by atoms with Crippen molar-refractivity contribution in [2.24, 2.45) is 0 Å². The molecule has 1 N–H and O–H groups in total. The first-order valence-electron chi connectivity index (χ1n) is 7.55. The minimum Gasteiger partial charge on any atom is -0.340 e. The second-order valence-corrected chi connectivity index (χ2v) is 5.95. The molecule has 1 aliphatic rings. The lowest BCUT2D eigenvalue weighted by molar-refractivity contribution is -0.132. The van der Waals surface area contributed by atoms with Crippen LogP contribution >= 0.6 is 11.6 Å². The van der Waals surface area contributed by atoms with Crippen LogP contribution in [-0.4, -0.2) is 54.3 Å². The van der Waals surface area contributed by atoms with Crippen molar-refractivity contribution in [3.8, 4) is 0 Å². The van der Waals surface area contributed by atoms with Crippen LogP contribution in [0, 0.1) is 6.92 Å². The highest BCUT2D eigenvalue weighted by Gasteiger charge is 2.21. The molecule has 22 heavy (non-hydrogen) atoms. The van der Waals surface area contributed by atoms with E-state index in [-0.39, 0.29) is 11.8 Å². The molecule has 0 atom stereocenters. The number of aryl methyl sites for hydroxylation is 1. The summed E-state index contributed by atoms with van der Waals surface area (Å²) in [7, 11) is 0. The molecule has 0 unspecified atom stereocenters. The zero-order valence-electron chi connectivity index (χ0n) is 13.1. The van der Waals surface area contributed by atoms with Crippen molar-refractivity contribution < 1.29 is 9.59 Å². The molecule has 5 nitrogen and oxygen atoms in total. The van der Waals surface area contributed by atoms with Crippen molar-refractivity contribution >= 4 is 29.1 Å². The summed E-state index contributed by atoms with van der Waals surface area (Å²) in [6, 6.07) is 5.55. The molecule has 2 amide bonds. The average Bonchev–Trinajstić information content (AvgIpc) is 2.50. The summed E-state index contributed by atoms with van der Waals surface area (Å²) in [6.07, 6.45) is 0.534. The zero-order chi connectivity index (χ0) is 16.1. The maximum absolute atomic E-state index is 12.1. The molecule has 0 saturated carbocycles. The highest BCUT2D eigenvalue weighted by atomic mass is 35.5. The fraction of sp³-hybridized carbons (Fsp3) is 0.500. The molecular formula is C16H22ClN3O2. The summed E-state index contributed by atoms with van der Waals surface area (Å²) in [6.45, 7) is 6.96. The van der Waals surface area contributed by atoms with Crippen LogP contribution in [0.5, 0.6) is 0 Å². The van der Waals surface area contributed by atoms with Gasteiger partial charge in [0.05, 0.1) is 17.3 Å². The number of benzene rings is 1. The van der Waals surface area contributed by atoms with Crippen LogP contribution < -0.4 is 5.32 Å². The molecule has 1 aromatic carbocycles. The summed E-state index contributed by atoms with van der Waals surface area (Å²) in [5.41, 5.74) is 1.69. The Kier molecular flexibility index (Phi) is 5.80. The molecule has 1 saturated heterocycles. The second kappa shape index (κ2) is 7.61. The summed E-state index contributed by atoms with van der Waals surface area (Å²) in [5.74, 6) is 0.0940. The van der Waals surface area contributed by atoms with E-state index in [2.05, 4.69) is 10.2 Å². The number of nitrogens with one attached hydrogen (secondary N) is 1. The molecule has 1 fully saturated rings. The number of halogens is 1. The van der Waals surface area contributed by atoms with Gasteiger partial charge in [0.15, 0.2) is 0 Å². The van der Waals surface area contributed by atoms with E-state index in [4.69, 9.17) is 11.6 Å². The van der Waals surface area contributed by atoms with Crippen molar-refractivity contribution in [1.82, 2.24) is 9.80 Å². The number of amides is 2. The summed E-state index contributed by atoms with van der Waals surface area (Å²) >= 11 is 6.11. The first-order chi connectivity index (χ1) is 10.5. The van der Waals surface area contributed by atoms with Crippen molar-refractivity contribution in [2.45, 2.75) is 20.3 Å². The van der Waals surface area contributed by atoms with E-state index in [9.17, 15) is 9.59 Å². The molecule has 0 bridgehead atoms. The van der Waals surface area contributed by atoms with Crippen LogP contribution in [0.25, 0.3) is 0 Å². The van der Waals surface area contributed by atoms with E-state index in [0.717, 1.165) is 18.7 Å². The fourth-order valence-corrected chi connectivity index (χ4v) is 2.78. The Morgan fingerprint density at radius 3 is 2.50 bits per heavy atom. The Hall–Kier alpha value is -1.59. The summed E-state index contributed by atoms with van der Waals surface area (Å²) < 4.78 is 0. The van der Waals surface area contributed by atoms with Crippen molar-refractivity contribution in [3.05, 3.63) is 28.8 Å². The maximum Gasteiger partial charge on any atom is 0.238 e. The SMILES string of the molecule is CCC(=O)N1CCN(CC(=O)Nc2ccc(C)cc2Cl)CC1. The van der Waals surface area contributed by atoms with Crippen LogP contribution in [0.15, 0.2) is 18.2 Å². The lowest BCUT2D eigenvalue weighted by Crippen LogP contribution is -2.50. The predicted molar refractivity (Wildman–Crippen MR) is 88.1 cm³/mol. The molecule has 0 aromatic heterocycles. The number of piperazine rings is 1. The number of anilines is 1. The molecule has 0 aliphatic carbocycles. The van der Waals surface area contributed by atoms with Gasteiger partial charge in [-0.3, -0.25) is 14.5 Å². The number of rotatable bonds is 4. The highest BCUT2D eigenvalue weighted by Crippen LogP contribution is 2.22. The third kappa shape index (κ3) is 4.45. The number of carbonyl (C=O) groups excluding carboxylic acids is 2. The average molecular weight is 324 g/mol. The normalized spacial score (nSPS) is 15.7. The Balaban J connectivity index is 1.82. The first kappa shape index (κ1) is 16.8. The zero-order valence-corrected chi connectivity index (χ0v) is 13.8.